The molecule has 2 aromatic carbocycles. The molecular formula is C23H27N3O5S. The first-order valence-electron chi connectivity index (χ1n) is 10.5. The predicted molar refractivity (Wildman–Crippen MR) is 125 cm³/mol. The van der Waals surface area contributed by atoms with Crippen molar-refractivity contribution in [3.8, 4) is 23.0 Å². The third kappa shape index (κ3) is 4.31. The molecule has 9 heteroatoms. The van der Waals surface area contributed by atoms with Crippen molar-refractivity contribution in [3.63, 3.8) is 0 Å². The van der Waals surface area contributed by atoms with Crippen molar-refractivity contribution in [2.45, 2.75) is 13.8 Å². The Kier molecular flexibility index (Phi) is 6.66. The van der Waals surface area contributed by atoms with Gasteiger partial charge < -0.3 is 23.8 Å². The molecular weight excluding hydrogens is 430 g/mol. The Morgan fingerprint density at radius 3 is 2.44 bits per heavy atom. The van der Waals surface area contributed by atoms with Gasteiger partial charge in [-0.1, -0.05) is 25.2 Å². The monoisotopic (exact) mass is 457 g/mol. The molecule has 1 aliphatic rings. The number of nitrogens with zero attached hydrogens (tertiary/aromatic N) is 3. The minimum absolute atomic E-state index is 0.141. The molecule has 3 aromatic rings. The second-order valence-electron chi connectivity index (χ2n) is 7.22. The summed E-state index contributed by atoms with van der Waals surface area (Å²) in [5.41, 5.74) is 1.29. The third-order valence-corrected chi connectivity index (χ3v) is 6.55. The number of thiazole rings is 1. The molecule has 0 bridgehead atoms. The first kappa shape index (κ1) is 22.2. The van der Waals surface area contributed by atoms with Crippen LogP contribution in [0.3, 0.4) is 0 Å². The standard InChI is InChI=1S/C23H27N3O5S/c1-5-25(6-2)9-10-26(22(27)15-7-8-17(28-3)18(11-15)29-4)23-24-16-12-19-20(31-14-30-19)13-21(16)32-23/h7-8,11-13H,5-6,9-10,14H2,1-4H3. The summed E-state index contributed by atoms with van der Waals surface area (Å²) in [7, 11) is 3.13. The SMILES string of the molecule is CCN(CC)CCN(C(=O)c1ccc(OC)c(OC)c1)c1nc2cc3c(cc2s1)OCO3. The van der Waals surface area contributed by atoms with Crippen molar-refractivity contribution in [3.05, 3.63) is 35.9 Å². The predicted octanol–water partition coefficient (Wildman–Crippen LogP) is 4.03. The van der Waals surface area contributed by atoms with Crippen LogP contribution in [0, 0.1) is 0 Å². The Hall–Kier alpha value is -3.04. The van der Waals surface area contributed by atoms with Gasteiger partial charge in [0.15, 0.2) is 28.1 Å². The summed E-state index contributed by atoms with van der Waals surface area (Å²) in [6.45, 7) is 7.53. The summed E-state index contributed by atoms with van der Waals surface area (Å²) in [6, 6.07) is 8.97. The van der Waals surface area contributed by atoms with Crippen molar-refractivity contribution < 1.29 is 23.7 Å². The van der Waals surface area contributed by atoms with Crippen molar-refractivity contribution in [2.75, 3.05) is 52.1 Å². The lowest BCUT2D eigenvalue weighted by molar-refractivity contribution is 0.0983. The number of carbonyl (C=O) groups is 1. The molecule has 0 radical (unpaired) electrons. The van der Waals surface area contributed by atoms with Crippen molar-refractivity contribution in [2.24, 2.45) is 0 Å². The maximum atomic E-state index is 13.6. The van der Waals surface area contributed by atoms with E-state index in [9.17, 15) is 4.79 Å². The number of aromatic nitrogens is 1. The molecule has 0 N–H and O–H groups in total. The van der Waals surface area contributed by atoms with Crippen LogP contribution in [0.1, 0.15) is 24.2 Å². The van der Waals surface area contributed by atoms with Crippen molar-refractivity contribution in [1.29, 1.82) is 0 Å². The highest BCUT2D eigenvalue weighted by Gasteiger charge is 2.24. The molecule has 4 rings (SSSR count). The highest BCUT2D eigenvalue weighted by Crippen LogP contribution is 2.40. The van der Waals surface area contributed by atoms with E-state index in [-0.39, 0.29) is 12.7 Å². The highest BCUT2D eigenvalue weighted by molar-refractivity contribution is 7.22. The Morgan fingerprint density at radius 1 is 1.03 bits per heavy atom. The lowest BCUT2D eigenvalue weighted by Gasteiger charge is -2.25. The Morgan fingerprint density at radius 2 is 1.75 bits per heavy atom. The smallest absolute Gasteiger partial charge is 0.260 e. The minimum atomic E-state index is -0.141. The molecule has 1 aromatic heterocycles. The van der Waals surface area contributed by atoms with Gasteiger partial charge in [0.25, 0.3) is 5.91 Å². The molecule has 0 fully saturated rings. The number of carbonyl (C=O) groups excluding carboxylic acids is 1. The number of benzene rings is 2. The Labute approximate surface area is 191 Å². The lowest BCUT2D eigenvalue weighted by Crippen LogP contribution is -2.38. The molecule has 0 unspecified atom stereocenters. The molecule has 0 saturated carbocycles. The topological polar surface area (TPSA) is 73.4 Å². The van der Waals surface area contributed by atoms with Gasteiger partial charge in [0.1, 0.15) is 0 Å². The number of methoxy groups -OCH3 is 2. The van der Waals surface area contributed by atoms with Crippen molar-refractivity contribution in [1.82, 2.24) is 9.88 Å². The number of hydrogen-bond donors (Lipinski definition) is 0. The second-order valence-corrected chi connectivity index (χ2v) is 8.23. The zero-order valence-electron chi connectivity index (χ0n) is 18.7. The molecule has 0 saturated heterocycles. The summed E-state index contributed by atoms with van der Waals surface area (Å²) >= 11 is 1.46. The summed E-state index contributed by atoms with van der Waals surface area (Å²) < 4.78 is 22.6. The Bertz CT molecular complexity index is 1070. The first-order chi connectivity index (χ1) is 15.6. The van der Waals surface area contributed by atoms with Crippen LogP contribution in [0.2, 0.25) is 0 Å². The fourth-order valence-corrected chi connectivity index (χ4v) is 4.61. The molecule has 1 amide bonds. The number of hydrogen-bond acceptors (Lipinski definition) is 8. The highest BCUT2D eigenvalue weighted by atomic mass is 32.1. The maximum absolute atomic E-state index is 13.6. The van der Waals surface area contributed by atoms with Gasteiger partial charge in [-0.15, -0.1) is 0 Å². The van der Waals surface area contributed by atoms with Crippen LogP contribution in [0.5, 0.6) is 23.0 Å². The van der Waals surface area contributed by atoms with Crippen LogP contribution >= 0.6 is 11.3 Å². The zero-order chi connectivity index (χ0) is 22.7. The van der Waals surface area contributed by atoms with Crippen LogP contribution in [-0.4, -0.2) is 63.0 Å². The molecule has 2 heterocycles. The van der Waals surface area contributed by atoms with Crippen LogP contribution in [0.4, 0.5) is 5.13 Å². The number of fused-ring (bicyclic) bond motifs is 2. The number of amides is 1. The quantitative estimate of drug-likeness (QED) is 0.480. The number of anilines is 1. The number of rotatable bonds is 9. The van der Waals surface area contributed by atoms with E-state index < -0.39 is 0 Å². The van der Waals surface area contributed by atoms with Crippen LogP contribution < -0.4 is 23.8 Å². The zero-order valence-corrected chi connectivity index (χ0v) is 19.5. The average molecular weight is 458 g/mol. The molecule has 32 heavy (non-hydrogen) atoms. The van der Waals surface area contributed by atoms with E-state index in [2.05, 4.69) is 18.7 Å². The molecule has 1 aliphatic heterocycles. The third-order valence-electron chi connectivity index (χ3n) is 5.51. The van der Waals surface area contributed by atoms with Crippen molar-refractivity contribution >= 4 is 32.6 Å². The van der Waals surface area contributed by atoms with Gasteiger partial charge >= 0.3 is 0 Å². The summed E-state index contributed by atoms with van der Waals surface area (Å²) in [4.78, 5) is 22.4. The van der Waals surface area contributed by atoms with Crippen LogP contribution in [-0.2, 0) is 0 Å². The first-order valence-corrected chi connectivity index (χ1v) is 11.4. The van der Waals surface area contributed by atoms with Gasteiger partial charge in [-0.25, -0.2) is 4.98 Å². The van der Waals surface area contributed by atoms with E-state index in [1.54, 1.807) is 37.3 Å². The summed E-state index contributed by atoms with van der Waals surface area (Å²) in [5.74, 6) is 2.33. The molecule has 0 aliphatic carbocycles. The average Bonchev–Trinajstić information content (AvgIpc) is 3.45. The summed E-state index contributed by atoms with van der Waals surface area (Å²) in [5, 5.41) is 0.635. The fraction of sp³-hybridized carbons (Fsp3) is 0.391. The fourth-order valence-electron chi connectivity index (χ4n) is 3.61. The Balaban J connectivity index is 1.70. The van der Waals surface area contributed by atoms with Gasteiger partial charge in [-0.2, -0.15) is 0 Å². The maximum Gasteiger partial charge on any atom is 0.260 e. The number of likely N-dealkylation sites (N-methyl/N-ethyl adjacent to an activating group) is 1. The number of ether oxygens (including phenoxy) is 4. The van der Waals surface area contributed by atoms with E-state index >= 15 is 0 Å². The largest absolute Gasteiger partial charge is 0.493 e. The minimum Gasteiger partial charge on any atom is -0.493 e. The van der Waals surface area contributed by atoms with Gasteiger partial charge in [0.2, 0.25) is 6.79 Å². The second kappa shape index (κ2) is 9.62. The lowest BCUT2D eigenvalue weighted by atomic mass is 10.1. The van der Waals surface area contributed by atoms with E-state index in [1.165, 1.54) is 11.3 Å². The van der Waals surface area contributed by atoms with Crippen LogP contribution in [0.15, 0.2) is 30.3 Å². The van der Waals surface area contributed by atoms with E-state index in [0.29, 0.717) is 40.2 Å². The normalized spacial score (nSPS) is 12.4. The van der Waals surface area contributed by atoms with E-state index in [4.69, 9.17) is 23.9 Å². The summed E-state index contributed by atoms with van der Waals surface area (Å²) in [6.07, 6.45) is 0. The van der Waals surface area contributed by atoms with E-state index in [1.807, 2.05) is 12.1 Å². The van der Waals surface area contributed by atoms with Gasteiger partial charge in [-0.3, -0.25) is 9.69 Å². The van der Waals surface area contributed by atoms with E-state index in [0.717, 1.165) is 29.9 Å². The van der Waals surface area contributed by atoms with Crippen LogP contribution in [0.25, 0.3) is 10.2 Å². The van der Waals surface area contributed by atoms with Gasteiger partial charge in [-0.05, 0) is 31.3 Å². The molecule has 0 atom stereocenters. The molecule has 170 valence electrons. The molecule has 8 nitrogen and oxygen atoms in total. The molecule has 0 spiro atoms. The van der Waals surface area contributed by atoms with Gasteiger partial charge in [0.05, 0.1) is 24.4 Å². The van der Waals surface area contributed by atoms with Gasteiger partial charge in [0, 0.05) is 30.8 Å².